The van der Waals surface area contributed by atoms with E-state index in [1.54, 1.807) is 44.2 Å². The summed E-state index contributed by atoms with van der Waals surface area (Å²) < 4.78 is 5.37. The second kappa shape index (κ2) is 5.73. The van der Waals surface area contributed by atoms with Crippen LogP contribution in [0.15, 0.2) is 45.7 Å². The van der Waals surface area contributed by atoms with Gasteiger partial charge in [-0.1, -0.05) is 12.1 Å². The third-order valence-corrected chi connectivity index (χ3v) is 3.88. The number of aliphatic carboxylic acids is 1. The number of rotatable bonds is 4. The number of hydrogen-bond acceptors (Lipinski definition) is 3. The average Bonchev–Trinajstić information content (AvgIpc) is 2.85. The summed E-state index contributed by atoms with van der Waals surface area (Å²) in [6, 6.07) is 8.28. The van der Waals surface area contributed by atoms with Crippen molar-refractivity contribution in [1.82, 2.24) is 0 Å². The molecule has 5 nitrogen and oxygen atoms in total. The van der Waals surface area contributed by atoms with Gasteiger partial charge >= 0.3 is 5.97 Å². The van der Waals surface area contributed by atoms with Gasteiger partial charge in [-0.2, -0.15) is 0 Å². The zero-order valence-corrected chi connectivity index (χ0v) is 13.1. The molecule has 0 bridgehead atoms. The van der Waals surface area contributed by atoms with Crippen LogP contribution in [-0.2, 0) is 10.2 Å². The minimum atomic E-state index is -0.976. The number of benzene rings is 1. The topological polar surface area (TPSA) is 79.5 Å². The molecule has 0 saturated carbocycles. The van der Waals surface area contributed by atoms with E-state index in [4.69, 9.17) is 4.42 Å². The predicted octanol–water partition coefficient (Wildman–Crippen LogP) is 3.66. The number of nitrogens with one attached hydrogen (secondary N) is 1. The maximum atomic E-state index is 12.0. The van der Waals surface area contributed by atoms with E-state index in [-0.39, 0.29) is 5.91 Å². The number of amides is 1. The zero-order chi connectivity index (χ0) is 15.6. The fourth-order valence-corrected chi connectivity index (χ4v) is 2.17. The van der Waals surface area contributed by atoms with Gasteiger partial charge in [-0.05, 0) is 53.5 Å². The van der Waals surface area contributed by atoms with Gasteiger partial charge in [0.05, 0.1) is 17.2 Å². The molecule has 2 N–H and O–H groups in total. The number of anilines is 1. The van der Waals surface area contributed by atoms with Gasteiger partial charge in [0.15, 0.2) is 4.67 Å². The van der Waals surface area contributed by atoms with Crippen LogP contribution in [-0.4, -0.2) is 17.0 Å². The van der Waals surface area contributed by atoms with Crippen LogP contribution >= 0.6 is 15.9 Å². The summed E-state index contributed by atoms with van der Waals surface area (Å²) in [5.74, 6) is -1.21. The SMILES string of the molecule is CC(C)(C(=O)O)c1ccc(NC(=O)c2ccoc2Br)cc1. The van der Waals surface area contributed by atoms with Gasteiger partial charge in [0.2, 0.25) is 0 Å². The molecule has 1 heterocycles. The normalized spacial score (nSPS) is 11.2. The van der Waals surface area contributed by atoms with E-state index in [1.807, 2.05) is 0 Å². The summed E-state index contributed by atoms with van der Waals surface area (Å²) in [4.78, 5) is 23.2. The first-order valence-corrected chi connectivity index (χ1v) is 7.00. The Morgan fingerprint density at radius 3 is 2.29 bits per heavy atom. The molecule has 0 aliphatic heterocycles. The molecular weight excluding hydrogens is 338 g/mol. The largest absolute Gasteiger partial charge is 0.481 e. The van der Waals surface area contributed by atoms with Gasteiger partial charge in [-0.3, -0.25) is 9.59 Å². The third kappa shape index (κ3) is 3.16. The van der Waals surface area contributed by atoms with Gasteiger partial charge in [0.25, 0.3) is 5.91 Å². The Hall–Kier alpha value is -2.08. The Labute approximate surface area is 130 Å². The quantitative estimate of drug-likeness (QED) is 0.880. The average molecular weight is 352 g/mol. The molecule has 2 rings (SSSR count). The van der Waals surface area contributed by atoms with E-state index in [1.165, 1.54) is 6.26 Å². The van der Waals surface area contributed by atoms with Gasteiger partial charge in [0.1, 0.15) is 0 Å². The molecule has 21 heavy (non-hydrogen) atoms. The first kappa shape index (κ1) is 15.3. The fourth-order valence-electron chi connectivity index (χ4n) is 1.75. The summed E-state index contributed by atoms with van der Waals surface area (Å²) in [5.41, 5.74) is 0.663. The van der Waals surface area contributed by atoms with Gasteiger partial charge in [0, 0.05) is 5.69 Å². The molecule has 2 aromatic rings. The van der Waals surface area contributed by atoms with E-state index >= 15 is 0 Å². The molecule has 0 radical (unpaired) electrons. The van der Waals surface area contributed by atoms with Crippen molar-refractivity contribution in [1.29, 1.82) is 0 Å². The highest BCUT2D eigenvalue weighted by atomic mass is 79.9. The lowest BCUT2D eigenvalue weighted by atomic mass is 9.85. The van der Waals surface area contributed by atoms with Crippen molar-refractivity contribution >= 4 is 33.5 Å². The van der Waals surface area contributed by atoms with Crippen molar-refractivity contribution in [3.63, 3.8) is 0 Å². The molecule has 0 unspecified atom stereocenters. The lowest BCUT2D eigenvalue weighted by molar-refractivity contribution is -0.142. The number of carboxylic acid groups (broad SMARTS) is 1. The summed E-state index contributed by atoms with van der Waals surface area (Å²) in [6.45, 7) is 3.26. The molecule has 0 aliphatic carbocycles. The zero-order valence-electron chi connectivity index (χ0n) is 11.5. The molecular formula is C15H14BrNO4. The van der Waals surface area contributed by atoms with Crippen LogP contribution < -0.4 is 5.32 Å². The van der Waals surface area contributed by atoms with Crippen LogP contribution in [0.1, 0.15) is 29.8 Å². The van der Waals surface area contributed by atoms with Crippen LogP contribution in [0.3, 0.4) is 0 Å². The van der Waals surface area contributed by atoms with Gasteiger partial charge < -0.3 is 14.8 Å². The van der Waals surface area contributed by atoms with Crippen LogP contribution in [0.4, 0.5) is 5.69 Å². The minimum Gasteiger partial charge on any atom is -0.481 e. The van der Waals surface area contributed by atoms with Crippen molar-refractivity contribution in [3.05, 3.63) is 52.4 Å². The molecule has 0 spiro atoms. The molecule has 0 fully saturated rings. The molecule has 0 saturated heterocycles. The van der Waals surface area contributed by atoms with Crippen LogP contribution in [0, 0.1) is 0 Å². The smallest absolute Gasteiger partial charge is 0.313 e. The fraction of sp³-hybridized carbons (Fsp3) is 0.200. The minimum absolute atomic E-state index is 0.305. The number of carbonyl (C=O) groups excluding carboxylic acids is 1. The predicted molar refractivity (Wildman–Crippen MR) is 81.5 cm³/mol. The molecule has 1 aromatic carbocycles. The Bertz CT molecular complexity index is 673. The Morgan fingerprint density at radius 1 is 1.19 bits per heavy atom. The van der Waals surface area contributed by atoms with Crippen molar-refractivity contribution in [3.8, 4) is 0 Å². The summed E-state index contributed by atoms with van der Waals surface area (Å²) in [7, 11) is 0. The third-order valence-electron chi connectivity index (χ3n) is 3.26. The van der Waals surface area contributed by atoms with E-state index in [0.717, 1.165) is 0 Å². The Kier molecular flexibility index (Phi) is 4.18. The second-order valence-corrected chi connectivity index (χ2v) is 5.79. The molecule has 110 valence electrons. The molecule has 0 atom stereocenters. The summed E-state index contributed by atoms with van der Waals surface area (Å²) in [5, 5.41) is 11.9. The highest BCUT2D eigenvalue weighted by Gasteiger charge is 2.29. The first-order valence-electron chi connectivity index (χ1n) is 6.20. The number of furan rings is 1. The number of halogens is 1. The molecule has 1 aromatic heterocycles. The van der Waals surface area contributed by atoms with Gasteiger partial charge in [-0.15, -0.1) is 0 Å². The lowest BCUT2D eigenvalue weighted by Gasteiger charge is -2.19. The number of hydrogen-bond donors (Lipinski definition) is 2. The van der Waals surface area contributed by atoms with Crippen molar-refractivity contribution in [2.75, 3.05) is 5.32 Å². The van der Waals surface area contributed by atoms with Crippen molar-refractivity contribution in [2.45, 2.75) is 19.3 Å². The summed E-state index contributed by atoms with van der Waals surface area (Å²) in [6.07, 6.45) is 1.41. The Balaban J connectivity index is 2.15. The van der Waals surface area contributed by atoms with Gasteiger partial charge in [-0.25, -0.2) is 0 Å². The molecule has 0 aliphatic rings. The standard InChI is InChI=1S/C15H14BrNO4/c1-15(2,14(19)20)9-3-5-10(6-4-9)17-13(18)11-7-8-21-12(11)16/h3-8H,1-2H3,(H,17,18)(H,19,20). The maximum Gasteiger partial charge on any atom is 0.313 e. The van der Waals surface area contributed by atoms with E-state index in [0.29, 0.717) is 21.5 Å². The lowest BCUT2D eigenvalue weighted by Crippen LogP contribution is -2.28. The highest BCUT2D eigenvalue weighted by Crippen LogP contribution is 2.25. The second-order valence-electron chi connectivity index (χ2n) is 5.07. The van der Waals surface area contributed by atoms with Crippen molar-refractivity contribution in [2.24, 2.45) is 0 Å². The molecule has 1 amide bonds. The summed E-state index contributed by atoms with van der Waals surface area (Å²) >= 11 is 3.14. The Morgan fingerprint density at radius 2 is 1.81 bits per heavy atom. The van der Waals surface area contributed by atoms with Crippen molar-refractivity contribution < 1.29 is 19.1 Å². The van der Waals surface area contributed by atoms with E-state index in [9.17, 15) is 14.7 Å². The maximum absolute atomic E-state index is 12.0. The van der Waals surface area contributed by atoms with E-state index in [2.05, 4.69) is 21.2 Å². The number of carbonyl (C=O) groups is 2. The van der Waals surface area contributed by atoms with Crippen LogP contribution in [0.5, 0.6) is 0 Å². The van der Waals surface area contributed by atoms with E-state index < -0.39 is 11.4 Å². The molecule has 6 heteroatoms. The first-order chi connectivity index (χ1) is 9.82. The monoisotopic (exact) mass is 351 g/mol. The van der Waals surface area contributed by atoms with Crippen LogP contribution in [0.2, 0.25) is 0 Å². The van der Waals surface area contributed by atoms with Crippen LogP contribution in [0.25, 0.3) is 0 Å². The number of carboxylic acids is 1. The highest BCUT2D eigenvalue weighted by molar-refractivity contribution is 9.10.